The normalized spacial score (nSPS) is 15.9. The van der Waals surface area contributed by atoms with Gasteiger partial charge < -0.3 is 14.6 Å². The number of para-hydroxylation sites is 1. The molecule has 1 aliphatic heterocycles. The molecule has 2 aromatic carbocycles. The number of rotatable bonds is 6. The van der Waals surface area contributed by atoms with Crippen LogP contribution in [0.3, 0.4) is 0 Å². The molecule has 164 valence electrons. The van der Waals surface area contributed by atoms with Gasteiger partial charge >= 0.3 is 0 Å². The van der Waals surface area contributed by atoms with Crippen molar-refractivity contribution in [2.75, 3.05) is 44.8 Å². The summed E-state index contributed by atoms with van der Waals surface area (Å²) < 4.78 is 29.6. The van der Waals surface area contributed by atoms with Crippen molar-refractivity contribution >= 4 is 32.4 Å². The Kier molecular flexibility index (Phi) is 6.13. The van der Waals surface area contributed by atoms with Crippen molar-refractivity contribution < 1.29 is 17.6 Å². The summed E-state index contributed by atoms with van der Waals surface area (Å²) in [5.74, 6) is -0.668. The summed E-state index contributed by atoms with van der Waals surface area (Å²) in [7, 11) is -1.21. The molecule has 0 radical (unpaired) electrons. The molecule has 0 unspecified atom stereocenters. The number of carbonyl (C=O) groups excluding carboxylic acids is 1. The number of furan rings is 1. The Morgan fingerprint density at radius 3 is 2.55 bits per heavy atom. The van der Waals surface area contributed by atoms with Crippen LogP contribution in [0, 0.1) is 0 Å². The van der Waals surface area contributed by atoms with Gasteiger partial charge in [0.1, 0.15) is 5.58 Å². The molecule has 8 heteroatoms. The SMILES string of the molecule is CN1CCN(Cc2cccc(NC(=O)c3oc4ccccc4c3CS(C)(=O)=O)c2)CC1. The minimum absolute atomic E-state index is 0.0381. The number of carbonyl (C=O) groups is 1. The fourth-order valence-corrected chi connectivity index (χ4v) is 4.70. The number of nitrogens with zero attached hydrogens (tertiary/aromatic N) is 2. The van der Waals surface area contributed by atoms with Crippen molar-refractivity contribution in [2.24, 2.45) is 0 Å². The van der Waals surface area contributed by atoms with Crippen molar-refractivity contribution in [2.45, 2.75) is 12.3 Å². The number of hydrogen-bond donors (Lipinski definition) is 1. The van der Waals surface area contributed by atoms with Crippen molar-refractivity contribution in [3.8, 4) is 0 Å². The monoisotopic (exact) mass is 441 g/mol. The second kappa shape index (κ2) is 8.82. The molecule has 2 heterocycles. The highest BCUT2D eigenvalue weighted by atomic mass is 32.2. The zero-order chi connectivity index (χ0) is 22.0. The average Bonchev–Trinajstić information content (AvgIpc) is 3.07. The zero-order valence-electron chi connectivity index (χ0n) is 17.8. The lowest BCUT2D eigenvalue weighted by molar-refractivity contribution is 0.0998. The van der Waals surface area contributed by atoms with E-state index in [1.807, 2.05) is 24.3 Å². The van der Waals surface area contributed by atoms with Crippen molar-refractivity contribution in [1.29, 1.82) is 0 Å². The molecule has 0 saturated carbocycles. The third kappa shape index (κ3) is 5.33. The molecule has 3 aromatic rings. The Hall–Kier alpha value is -2.68. The van der Waals surface area contributed by atoms with Gasteiger partial charge in [-0.1, -0.05) is 30.3 Å². The van der Waals surface area contributed by atoms with Crippen LogP contribution in [0.15, 0.2) is 52.9 Å². The number of nitrogens with one attached hydrogen (secondary N) is 1. The molecule has 4 rings (SSSR count). The van der Waals surface area contributed by atoms with E-state index in [1.54, 1.807) is 24.3 Å². The highest BCUT2D eigenvalue weighted by molar-refractivity contribution is 7.89. The van der Waals surface area contributed by atoms with Crippen molar-refractivity contribution in [1.82, 2.24) is 9.80 Å². The summed E-state index contributed by atoms with van der Waals surface area (Å²) in [6.07, 6.45) is 1.15. The van der Waals surface area contributed by atoms with Crippen LogP contribution in [0.1, 0.15) is 21.7 Å². The lowest BCUT2D eigenvalue weighted by Crippen LogP contribution is -2.43. The number of piperazine rings is 1. The van der Waals surface area contributed by atoms with Gasteiger partial charge in [-0.3, -0.25) is 9.69 Å². The lowest BCUT2D eigenvalue weighted by atomic mass is 10.1. The molecule has 7 nitrogen and oxygen atoms in total. The minimum Gasteiger partial charge on any atom is -0.451 e. The molecule has 1 amide bonds. The topological polar surface area (TPSA) is 82.9 Å². The van der Waals surface area contributed by atoms with E-state index in [9.17, 15) is 13.2 Å². The summed E-state index contributed by atoms with van der Waals surface area (Å²) >= 11 is 0. The summed E-state index contributed by atoms with van der Waals surface area (Å²) in [6, 6.07) is 14.8. The van der Waals surface area contributed by atoms with E-state index < -0.39 is 15.7 Å². The van der Waals surface area contributed by atoms with Crippen LogP contribution in [0.25, 0.3) is 11.0 Å². The zero-order valence-corrected chi connectivity index (χ0v) is 18.6. The molecule has 0 atom stereocenters. The molecule has 1 aromatic heterocycles. The predicted octanol–water partition coefficient (Wildman–Crippen LogP) is 2.98. The molecule has 1 saturated heterocycles. The average molecular weight is 442 g/mol. The van der Waals surface area contributed by atoms with E-state index in [0.29, 0.717) is 22.2 Å². The van der Waals surface area contributed by atoms with Crippen LogP contribution < -0.4 is 5.32 Å². The Morgan fingerprint density at radius 2 is 1.81 bits per heavy atom. The second-order valence-electron chi connectivity index (χ2n) is 8.21. The Bertz CT molecular complexity index is 1190. The maximum atomic E-state index is 13.0. The number of hydrogen-bond acceptors (Lipinski definition) is 6. The van der Waals surface area contributed by atoms with Crippen LogP contribution >= 0.6 is 0 Å². The summed E-state index contributed by atoms with van der Waals surface area (Å²) in [5.41, 5.74) is 2.66. The van der Waals surface area contributed by atoms with E-state index in [2.05, 4.69) is 22.2 Å². The van der Waals surface area contributed by atoms with Gasteiger partial charge in [0.05, 0.1) is 5.75 Å². The Labute approximate surface area is 182 Å². The van der Waals surface area contributed by atoms with Gasteiger partial charge in [-0.25, -0.2) is 8.42 Å². The first-order valence-corrected chi connectivity index (χ1v) is 12.3. The van der Waals surface area contributed by atoms with Gasteiger partial charge in [0.25, 0.3) is 5.91 Å². The summed E-state index contributed by atoms with van der Waals surface area (Å²) in [4.78, 5) is 17.7. The minimum atomic E-state index is -3.34. The van der Waals surface area contributed by atoms with Crippen LogP contribution in [0.4, 0.5) is 5.69 Å². The van der Waals surface area contributed by atoms with E-state index in [-0.39, 0.29) is 11.5 Å². The first kappa shape index (κ1) is 21.5. The molecule has 31 heavy (non-hydrogen) atoms. The van der Waals surface area contributed by atoms with Gasteiger partial charge in [-0.05, 0) is 30.8 Å². The third-order valence-corrected chi connectivity index (χ3v) is 6.31. The van der Waals surface area contributed by atoms with E-state index >= 15 is 0 Å². The smallest absolute Gasteiger partial charge is 0.291 e. The molecular formula is C23H27N3O4S. The van der Waals surface area contributed by atoms with E-state index in [1.165, 1.54) is 0 Å². The number of amides is 1. The van der Waals surface area contributed by atoms with Crippen LogP contribution in [-0.4, -0.2) is 63.6 Å². The number of sulfone groups is 1. The molecule has 0 bridgehead atoms. The maximum Gasteiger partial charge on any atom is 0.291 e. The van der Waals surface area contributed by atoms with Gasteiger partial charge in [-0.2, -0.15) is 0 Å². The number of benzene rings is 2. The molecule has 1 N–H and O–H groups in total. The first-order chi connectivity index (χ1) is 14.8. The third-order valence-electron chi connectivity index (χ3n) is 5.50. The van der Waals surface area contributed by atoms with Gasteiger partial charge in [0, 0.05) is 55.6 Å². The second-order valence-corrected chi connectivity index (χ2v) is 10.4. The van der Waals surface area contributed by atoms with Gasteiger partial charge in [0.15, 0.2) is 15.6 Å². The Morgan fingerprint density at radius 1 is 1.06 bits per heavy atom. The number of anilines is 1. The molecular weight excluding hydrogens is 414 g/mol. The fraction of sp³-hybridized carbons (Fsp3) is 0.348. The molecule has 1 aliphatic rings. The fourth-order valence-electron chi connectivity index (χ4n) is 3.89. The van der Waals surface area contributed by atoms with Gasteiger partial charge in [0.2, 0.25) is 0 Å². The summed E-state index contributed by atoms with van der Waals surface area (Å²) in [5, 5.41) is 3.52. The van der Waals surface area contributed by atoms with E-state index in [4.69, 9.17) is 4.42 Å². The number of likely N-dealkylation sites (N-methyl/N-ethyl adjacent to an activating group) is 1. The van der Waals surface area contributed by atoms with Crippen LogP contribution in [0.2, 0.25) is 0 Å². The van der Waals surface area contributed by atoms with E-state index in [0.717, 1.165) is 44.5 Å². The highest BCUT2D eigenvalue weighted by Gasteiger charge is 2.23. The number of fused-ring (bicyclic) bond motifs is 1. The highest BCUT2D eigenvalue weighted by Crippen LogP contribution is 2.28. The Balaban J connectivity index is 1.55. The lowest BCUT2D eigenvalue weighted by Gasteiger charge is -2.32. The maximum absolute atomic E-state index is 13.0. The van der Waals surface area contributed by atoms with Gasteiger partial charge in [-0.15, -0.1) is 0 Å². The van der Waals surface area contributed by atoms with Crippen LogP contribution in [-0.2, 0) is 22.1 Å². The molecule has 0 spiro atoms. The van der Waals surface area contributed by atoms with Crippen molar-refractivity contribution in [3.63, 3.8) is 0 Å². The van der Waals surface area contributed by atoms with Crippen molar-refractivity contribution in [3.05, 3.63) is 65.4 Å². The van der Waals surface area contributed by atoms with Crippen LogP contribution in [0.5, 0.6) is 0 Å². The molecule has 1 fully saturated rings. The predicted molar refractivity (Wildman–Crippen MR) is 122 cm³/mol. The largest absolute Gasteiger partial charge is 0.451 e. The summed E-state index contributed by atoms with van der Waals surface area (Å²) in [6.45, 7) is 4.94. The standard InChI is InChI=1S/C23H27N3O4S/c1-25-10-12-26(13-11-25)15-17-6-5-7-18(14-17)24-23(27)22-20(16-31(2,28)29)19-8-3-4-9-21(19)30-22/h3-9,14H,10-13,15-16H2,1-2H3,(H,24,27). The quantitative estimate of drug-likeness (QED) is 0.633. The molecule has 0 aliphatic carbocycles. The first-order valence-electron chi connectivity index (χ1n) is 10.3.